The number of thiophene rings is 2. The number of sulfonamides is 1. The molecule has 0 amide bonds. The highest BCUT2D eigenvalue weighted by atomic mass is 32.2. The number of ketones is 1. The summed E-state index contributed by atoms with van der Waals surface area (Å²) < 4.78 is 27.1. The highest BCUT2D eigenvalue weighted by Gasteiger charge is 2.15. The Bertz CT molecular complexity index is 973. The Morgan fingerprint density at radius 2 is 1.92 bits per heavy atom. The number of benzene rings is 1. The lowest BCUT2D eigenvalue weighted by molar-refractivity contribution is 0.104. The lowest BCUT2D eigenvalue weighted by atomic mass is 10.2. The van der Waals surface area contributed by atoms with E-state index in [0.29, 0.717) is 9.75 Å². The van der Waals surface area contributed by atoms with Gasteiger partial charge in [-0.15, -0.1) is 22.7 Å². The molecule has 1 aromatic carbocycles. The summed E-state index contributed by atoms with van der Waals surface area (Å²) in [5, 5.41) is 1.86. The zero-order chi connectivity index (χ0) is 17.9. The van der Waals surface area contributed by atoms with Crippen LogP contribution in [0.2, 0.25) is 0 Å². The number of aryl methyl sites for hydroxylation is 1. The minimum Gasteiger partial charge on any atom is -0.287 e. The van der Waals surface area contributed by atoms with Gasteiger partial charge in [-0.3, -0.25) is 4.79 Å². The monoisotopic (exact) mass is 391 g/mol. The van der Waals surface area contributed by atoms with Crippen molar-refractivity contribution in [3.05, 3.63) is 79.7 Å². The smallest absolute Gasteiger partial charge is 0.216 e. The number of nitrogens with one attached hydrogen (secondary N) is 1. The van der Waals surface area contributed by atoms with Gasteiger partial charge in [0, 0.05) is 11.4 Å². The molecule has 0 saturated carbocycles. The summed E-state index contributed by atoms with van der Waals surface area (Å²) in [6, 6.07) is 14.6. The lowest BCUT2D eigenvalue weighted by Gasteiger charge is -2.06. The quantitative estimate of drug-likeness (QED) is 0.620. The van der Waals surface area contributed by atoms with Crippen LogP contribution in [-0.2, 0) is 22.3 Å². The molecule has 3 aromatic rings. The van der Waals surface area contributed by atoms with E-state index >= 15 is 0 Å². The molecule has 0 spiro atoms. The molecule has 0 saturated heterocycles. The first-order chi connectivity index (χ1) is 11.9. The van der Waals surface area contributed by atoms with Gasteiger partial charge in [-0.1, -0.05) is 35.9 Å². The van der Waals surface area contributed by atoms with E-state index < -0.39 is 10.0 Å². The Balaban J connectivity index is 1.62. The first-order valence-corrected chi connectivity index (χ1v) is 11.0. The van der Waals surface area contributed by atoms with E-state index in [-0.39, 0.29) is 18.1 Å². The van der Waals surface area contributed by atoms with Gasteiger partial charge >= 0.3 is 0 Å². The van der Waals surface area contributed by atoms with Gasteiger partial charge in [-0.25, -0.2) is 13.1 Å². The van der Waals surface area contributed by atoms with Gasteiger partial charge in [0.2, 0.25) is 15.8 Å². The molecule has 7 heteroatoms. The zero-order valence-corrected chi connectivity index (χ0v) is 16.0. The van der Waals surface area contributed by atoms with Crippen LogP contribution in [0, 0.1) is 6.92 Å². The maximum atomic E-state index is 12.3. The van der Waals surface area contributed by atoms with Crippen molar-refractivity contribution in [2.75, 3.05) is 0 Å². The van der Waals surface area contributed by atoms with Crippen LogP contribution >= 0.6 is 22.7 Å². The maximum Gasteiger partial charge on any atom is 0.216 e. The Morgan fingerprint density at radius 1 is 1.08 bits per heavy atom. The number of rotatable bonds is 7. The second-order valence-electron chi connectivity index (χ2n) is 5.64. The maximum absolute atomic E-state index is 12.3. The molecular weight excluding hydrogens is 374 g/mol. The second-order valence-corrected chi connectivity index (χ2v) is 9.56. The molecule has 130 valence electrons. The minimum atomic E-state index is -3.43. The van der Waals surface area contributed by atoms with Gasteiger partial charge in [-0.2, -0.15) is 0 Å². The summed E-state index contributed by atoms with van der Waals surface area (Å²) >= 11 is 2.72. The number of hydrogen-bond acceptors (Lipinski definition) is 5. The molecule has 0 unspecified atom stereocenters. The van der Waals surface area contributed by atoms with E-state index in [0.717, 1.165) is 16.0 Å². The van der Waals surface area contributed by atoms with Crippen LogP contribution in [0.4, 0.5) is 0 Å². The van der Waals surface area contributed by atoms with E-state index in [1.54, 1.807) is 24.3 Å². The summed E-state index contributed by atoms with van der Waals surface area (Å²) in [4.78, 5) is 14.4. The second kappa shape index (κ2) is 7.61. The lowest BCUT2D eigenvalue weighted by Crippen LogP contribution is -2.24. The van der Waals surface area contributed by atoms with Crippen LogP contribution in [0.15, 0.2) is 53.9 Å². The molecule has 0 bridgehead atoms. The van der Waals surface area contributed by atoms with Crippen molar-refractivity contribution in [3.8, 4) is 0 Å². The number of carbonyl (C=O) groups excluding carboxylic acids is 1. The van der Waals surface area contributed by atoms with Crippen molar-refractivity contribution in [2.45, 2.75) is 19.2 Å². The molecule has 4 nitrogen and oxygen atoms in total. The minimum absolute atomic E-state index is 0.0196. The van der Waals surface area contributed by atoms with Crippen molar-refractivity contribution in [1.29, 1.82) is 0 Å². The fourth-order valence-electron chi connectivity index (χ4n) is 2.38. The van der Waals surface area contributed by atoms with Crippen LogP contribution in [0.5, 0.6) is 0 Å². The van der Waals surface area contributed by atoms with E-state index in [9.17, 15) is 13.2 Å². The Morgan fingerprint density at radius 3 is 2.64 bits per heavy atom. The van der Waals surface area contributed by atoms with E-state index in [1.165, 1.54) is 22.7 Å². The SMILES string of the molecule is Cc1cccc(CS(=O)(=O)NCc2ccc(C(=O)c3cccs3)s2)c1. The molecule has 3 rings (SSSR count). The van der Waals surface area contributed by atoms with Gasteiger partial charge in [-0.05, 0) is 36.1 Å². The van der Waals surface area contributed by atoms with Crippen LogP contribution in [0.1, 0.15) is 30.6 Å². The summed E-state index contributed by atoms with van der Waals surface area (Å²) in [7, 11) is -3.43. The number of hydrogen-bond donors (Lipinski definition) is 1. The van der Waals surface area contributed by atoms with Crippen molar-refractivity contribution >= 4 is 38.5 Å². The highest BCUT2D eigenvalue weighted by molar-refractivity contribution is 7.88. The Kier molecular flexibility index (Phi) is 5.48. The molecule has 2 heterocycles. The molecule has 1 N–H and O–H groups in total. The molecule has 2 aromatic heterocycles. The van der Waals surface area contributed by atoms with Crippen LogP contribution in [0.25, 0.3) is 0 Å². The predicted molar refractivity (Wildman–Crippen MR) is 103 cm³/mol. The zero-order valence-electron chi connectivity index (χ0n) is 13.6. The first-order valence-electron chi connectivity index (χ1n) is 7.63. The number of carbonyl (C=O) groups is 1. The standard InChI is InChI=1S/C18H17NO3S3/c1-13-4-2-5-14(10-13)12-25(21,22)19-11-15-7-8-17(24-15)18(20)16-6-3-9-23-16/h2-10,19H,11-12H2,1H3. The molecule has 0 aliphatic rings. The third kappa shape index (κ3) is 4.85. The van der Waals surface area contributed by atoms with Crippen LogP contribution < -0.4 is 4.72 Å². The molecule has 0 aliphatic heterocycles. The molecule has 0 radical (unpaired) electrons. The summed E-state index contributed by atoms with van der Waals surface area (Å²) in [6.45, 7) is 2.12. The largest absolute Gasteiger partial charge is 0.287 e. The molecular formula is C18H17NO3S3. The van der Waals surface area contributed by atoms with Gasteiger partial charge in [0.25, 0.3) is 0 Å². The summed E-state index contributed by atoms with van der Waals surface area (Å²) in [5.41, 5.74) is 1.79. The summed E-state index contributed by atoms with van der Waals surface area (Å²) in [5.74, 6) is -0.0741. The van der Waals surface area contributed by atoms with Crippen LogP contribution in [-0.4, -0.2) is 14.2 Å². The third-order valence-corrected chi connectivity index (χ3v) is 6.79. The molecule has 0 aliphatic carbocycles. The van der Waals surface area contributed by atoms with E-state index in [1.807, 2.05) is 36.6 Å². The van der Waals surface area contributed by atoms with E-state index in [4.69, 9.17) is 0 Å². The molecule has 25 heavy (non-hydrogen) atoms. The topological polar surface area (TPSA) is 63.2 Å². The first kappa shape index (κ1) is 18.0. The van der Waals surface area contributed by atoms with Crippen molar-refractivity contribution in [1.82, 2.24) is 4.72 Å². The highest BCUT2D eigenvalue weighted by Crippen LogP contribution is 2.22. The fourth-order valence-corrected chi connectivity index (χ4v) is 5.21. The summed E-state index contributed by atoms with van der Waals surface area (Å²) in [6.07, 6.45) is 0. The Hall–Kier alpha value is -1.80. The average Bonchev–Trinajstić information content (AvgIpc) is 3.24. The Labute approximate surface area is 155 Å². The van der Waals surface area contributed by atoms with Gasteiger partial charge in [0.05, 0.1) is 15.5 Å². The van der Waals surface area contributed by atoms with Gasteiger partial charge in [0.1, 0.15) is 0 Å². The molecule has 0 fully saturated rings. The van der Waals surface area contributed by atoms with Crippen molar-refractivity contribution in [2.24, 2.45) is 0 Å². The van der Waals surface area contributed by atoms with Gasteiger partial charge < -0.3 is 0 Å². The van der Waals surface area contributed by atoms with Crippen molar-refractivity contribution in [3.63, 3.8) is 0 Å². The average molecular weight is 392 g/mol. The van der Waals surface area contributed by atoms with Gasteiger partial charge in [0.15, 0.2) is 0 Å². The third-order valence-electron chi connectivity index (χ3n) is 3.54. The molecule has 0 atom stereocenters. The van der Waals surface area contributed by atoms with Crippen LogP contribution in [0.3, 0.4) is 0 Å². The van der Waals surface area contributed by atoms with E-state index in [2.05, 4.69) is 4.72 Å². The predicted octanol–water partition coefficient (Wildman–Crippen LogP) is 3.97. The van der Waals surface area contributed by atoms with Crippen molar-refractivity contribution < 1.29 is 13.2 Å². The fraction of sp³-hybridized carbons (Fsp3) is 0.167. The normalized spacial score (nSPS) is 11.6.